The molecule has 1 unspecified atom stereocenters. The predicted octanol–water partition coefficient (Wildman–Crippen LogP) is 4.60. The van der Waals surface area contributed by atoms with Crippen molar-refractivity contribution in [3.05, 3.63) is 61.7 Å². The minimum Gasteiger partial charge on any atom is -0.385 e. The Hall–Kier alpha value is -1.70. The van der Waals surface area contributed by atoms with E-state index in [0.29, 0.717) is 28.3 Å². The quantitative estimate of drug-likeness (QED) is 0.543. The fourth-order valence-corrected chi connectivity index (χ4v) is 2.63. The summed E-state index contributed by atoms with van der Waals surface area (Å²) in [5.41, 5.74) is 0.959. The van der Waals surface area contributed by atoms with Crippen LogP contribution in [0, 0.1) is 10.1 Å². The summed E-state index contributed by atoms with van der Waals surface area (Å²) in [5, 5.41) is 14.7. The zero-order chi connectivity index (χ0) is 16.8. The molecule has 8 heteroatoms. The number of anilines is 1. The summed E-state index contributed by atoms with van der Waals surface area (Å²) >= 11 is 9.24. The highest BCUT2D eigenvalue weighted by Gasteiger charge is 2.16. The van der Waals surface area contributed by atoms with E-state index in [-0.39, 0.29) is 11.7 Å². The molecule has 0 aliphatic rings. The third kappa shape index (κ3) is 4.89. The Morgan fingerprint density at radius 1 is 1.43 bits per heavy atom. The third-order valence-corrected chi connectivity index (χ3v) is 4.09. The molecular formula is C15H15BrClN3O3. The SMILES string of the molecule is COCCC(Nc1ncc([N+](=O)[O-])cc1Br)c1ccc(Cl)cc1. The van der Waals surface area contributed by atoms with Crippen LogP contribution in [-0.4, -0.2) is 23.6 Å². The number of hydrogen-bond acceptors (Lipinski definition) is 5. The second-order valence-corrected chi connectivity index (χ2v) is 6.10. The van der Waals surface area contributed by atoms with Crippen LogP contribution in [-0.2, 0) is 4.74 Å². The molecule has 23 heavy (non-hydrogen) atoms. The first-order valence-electron chi connectivity index (χ1n) is 6.82. The molecule has 0 fully saturated rings. The zero-order valence-electron chi connectivity index (χ0n) is 12.3. The Morgan fingerprint density at radius 2 is 2.13 bits per heavy atom. The van der Waals surface area contributed by atoms with Gasteiger partial charge in [-0.15, -0.1) is 0 Å². The Bertz CT molecular complexity index is 682. The predicted molar refractivity (Wildman–Crippen MR) is 92.9 cm³/mol. The average Bonchev–Trinajstić information content (AvgIpc) is 2.53. The van der Waals surface area contributed by atoms with Gasteiger partial charge in [-0.2, -0.15) is 0 Å². The summed E-state index contributed by atoms with van der Waals surface area (Å²) in [6.45, 7) is 0.560. The van der Waals surface area contributed by atoms with Crippen molar-refractivity contribution in [3.8, 4) is 0 Å². The normalized spacial score (nSPS) is 12.0. The van der Waals surface area contributed by atoms with Gasteiger partial charge in [-0.25, -0.2) is 4.98 Å². The van der Waals surface area contributed by atoms with Gasteiger partial charge in [0, 0.05) is 24.8 Å². The number of nitrogens with zero attached hydrogens (tertiary/aromatic N) is 2. The highest BCUT2D eigenvalue weighted by Crippen LogP contribution is 2.29. The molecule has 1 N–H and O–H groups in total. The number of nitrogens with one attached hydrogen (secondary N) is 1. The van der Waals surface area contributed by atoms with Crippen LogP contribution in [0.15, 0.2) is 41.0 Å². The minimum absolute atomic E-state index is 0.0579. The molecule has 2 aromatic rings. The van der Waals surface area contributed by atoms with Gasteiger partial charge >= 0.3 is 0 Å². The summed E-state index contributed by atoms with van der Waals surface area (Å²) < 4.78 is 5.68. The van der Waals surface area contributed by atoms with E-state index in [4.69, 9.17) is 16.3 Å². The summed E-state index contributed by atoms with van der Waals surface area (Å²) in [6, 6.07) is 8.85. The second kappa shape index (κ2) is 8.24. The maximum absolute atomic E-state index is 10.8. The van der Waals surface area contributed by atoms with Gasteiger partial charge in [0.2, 0.25) is 0 Å². The standard InChI is InChI=1S/C15H15BrClN3O3/c1-23-7-6-14(10-2-4-11(17)5-3-10)19-15-13(16)8-12(9-18-15)20(21)22/h2-5,8-9,14H,6-7H2,1H3,(H,18,19). The summed E-state index contributed by atoms with van der Waals surface area (Å²) in [4.78, 5) is 14.4. The van der Waals surface area contributed by atoms with Crippen molar-refractivity contribution in [1.29, 1.82) is 0 Å². The van der Waals surface area contributed by atoms with Gasteiger partial charge in [-0.05, 0) is 40.0 Å². The van der Waals surface area contributed by atoms with E-state index in [9.17, 15) is 10.1 Å². The number of hydrogen-bond donors (Lipinski definition) is 1. The van der Waals surface area contributed by atoms with Crippen molar-refractivity contribution in [1.82, 2.24) is 4.98 Å². The third-order valence-electron chi connectivity index (χ3n) is 3.23. The van der Waals surface area contributed by atoms with E-state index in [2.05, 4.69) is 26.2 Å². The van der Waals surface area contributed by atoms with Crippen molar-refractivity contribution in [2.75, 3.05) is 19.0 Å². The largest absolute Gasteiger partial charge is 0.385 e. The van der Waals surface area contributed by atoms with E-state index in [0.717, 1.165) is 5.56 Å². The molecule has 0 aliphatic carbocycles. The van der Waals surface area contributed by atoms with Crippen molar-refractivity contribution < 1.29 is 9.66 Å². The van der Waals surface area contributed by atoms with Crippen molar-refractivity contribution >= 4 is 39.0 Å². The number of rotatable bonds is 7. The lowest BCUT2D eigenvalue weighted by molar-refractivity contribution is -0.385. The molecule has 6 nitrogen and oxygen atoms in total. The molecule has 0 bridgehead atoms. The molecular weight excluding hydrogens is 386 g/mol. The number of methoxy groups -OCH3 is 1. The second-order valence-electron chi connectivity index (χ2n) is 4.81. The first kappa shape index (κ1) is 17.7. The van der Waals surface area contributed by atoms with Crippen LogP contribution in [0.4, 0.5) is 11.5 Å². The smallest absolute Gasteiger partial charge is 0.288 e. The Morgan fingerprint density at radius 3 is 2.70 bits per heavy atom. The van der Waals surface area contributed by atoms with Gasteiger partial charge in [0.05, 0.1) is 15.4 Å². The van der Waals surface area contributed by atoms with Gasteiger partial charge in [0.25, 0.3) is 5.69 Å². The lowest BCUT2D eigenvalue weighted by Crippen LogP contribution is -2.14. The molecule has 1 aromatic carbocycles. The summed E-state index contributed by atoms with van der Waals surface area (Å²) in [5.74, 6) is 0.534. The summed E-state index contributed by atoms with van der Waals surface area (Å²) in [7, 11) is 1.64. The van der Waals surface area contributed by atoms with Crippen molar-refractivity contribution in [3.63, 3.8) is 0 Å². The lowest BCUT2D eigenvalue weighted by Gasteiger charge is -2.20. The molecule has 1 aromatic heterocycles. The van der Waals surface area contributed by atoms with Gasteiger partial charge in [-0.3, -0.25) is 10.1 Å². The molecule has 0 amide bonds. The monoisotopic (exact) mass is 399 g/mol. The van der Waals surface area contributed by atoms with Gasteiger partial charge in [0.1, 0.15) is 12.0 Å². The van der Waals surface area contributed by atoms with Crippen LogP contribution in [0.3, 0.4) is 0 Å². The fourth-order valence-electron chi connectivity index (χ4n) is 2.05. The minimum atomic E-state index is -0.483. The van der Waals surface area contributed by atoms with Crippen LogP contribution in [0.5, 0.6) is 0 Å². The first-order chi connectivity index (χ1) is 11.0. The number of benzene rings is 1. The van der Waals surface area contributed by atoms with Crippen LogP contribution in [0.25, 0.3) is 0 Å². The number of pyridine rings is 1. The fraction of sp³-hybridized carbons (Fsp3) is 0.267. The Kier molecular flexibility index (Phi) is 6.32. The first-order valence-corrected chi connectivity index (χ1v) is 7.99. The van der Waals surface area contributed by atoms with E-state index in [1.807, 2.05) is 24.3 Å². The van der Waals surface area contributed by atoms with Gasteiger partial charge in [0.15, 0.2) is 0 Å². The molecule has 0 saturated heterocycles. The van der Waals surface area contributed by atoms with E-state index < -0.39 is 4.92 Å². The van der Waals surface area contributed by atoms with Gasteiger partial charge < -0.3 is 10.1 Å². The highest BCUT2D eigenvalue weighted by atomic mass is 79.9. The van der Waals surface area contributed by atoms with E-state index in [1.165, 1.54) is 12.3 Å². The molecule has 1 heterocycles. The number of ether oxygens (including phenoxy) is 1. The molecule has 122 valence electrons. The highest BCUT2D eigenvalue weighted by molar-refractivity contribution is 9.10. The van der Waals surface area contributed by atoms with Crippen LogP contribution in [0.2, 0.25) is 5.02 Å². The number of aromatic nitrogens is 1. The van der Waals surface area contributed by atoms with Crippen molar-refractivity contribution in [2.24, 2.45) is 0 Å². The molecule has 0 saturated carbocycles. The lowest BCUT2D eigenvalue weighted by atomic mass is 10.0. The molecule has 0 spiro atoms. The number of nitro groups is 1. The Labute approximate surface area is 147 Å². The number of halogens is 2. The molecule has 2 rings (SSSR count). The Balaban J connectivity index is 2.23. The van der Waals surface area contributed by atoms with Crippen molar-refractivity contribution in [2.45, 2.75) is 12.5 Å². The molecule has 0 aliphatic heterocycles. The van der Waals surface area contributed by atoms with Gasteiger partial charge in [-0.1, -0.05) is 23.7 Å². The summed E-state index contributed by atoms with van der Waals surface area (Å²) in [6.07, 6.45) is 1.94. The van der Waals surface area contributed by atoms with E-state index in [1.54, 1.807) is 7.11 Å². The topological polar surface area (TPSA) is 77.3 Å². The average molecular weight is 401 g/mol. The molecule has 0 radical (unpaired) electrons. The maximum atomic E-state index is 10.8. The molecule has 1 atom stereocenters. The van der Waals surface area contributed by atoms with Crippen LogP contribution < -0.4 is 5.32 Å². The van der Waals surface area contributed by atoms with Crippen LogP contribution >= 0.6 is 27.5 Å². The van der Waals surface area contributed by atoms with Crippen LogP contribution in [0.1, 0.15) is 18.0 Å². The zero-order valence-corrected chi connectivity index (χ0v) is 14.7. The maximum Gasteiger partial charge on any atom is 0.288 e. The van der Waals surface area contributed by atoms with E-state index >= 15 is 0 Å².